The molecule has 0 spiro atoms. The number of rotatable bonds is 6. The number of hydrogen-bond donors (Lipinski definition) is 1. The van der Waals surface area contributed by atoms with Gasteiger partial charge in [-0.05, 0) is 36.5 Å². The molecule has 1 aliphatic rings. The number of anilines is 1. The highest BCUT2D eigenvalue weighted by molar-refractivity contribution is 5.84. The standard InChI is InChI=1S/C18H25N3/c1-13(2)12-21(3)18-10-14(11-19-15-8-9-15)16-6-4-5-7-17(16)20-18/h4-7,10,13,15,19H,8-9,11-12H2,1-3H3. The molecule has 0 bridgehead atoms. The van der Waals surface area contributed by atoms with E-state index in [-0.39, 0.29) is 0 Å². The maximum absolute atomic E-state index is 4.83. The molecule has 1 aliphatic carbocycles. The van der Waals surface area contributed by atoms with Crippen molar-refractivity contribution in [2.45, 2.75) is 39.3 Å². The topological polar surface area (TPSA) is 28.2 Å². The second-order valence-corrected chi connectivity index (χ2v) is 6.59. The van der Waals surface area contributed by atoms with E-state index in [1.165, 1.54) is 23.8 Å². The predicted octanol–water partition coefficient (Wildman–Crippen LogP) is 3.58. The summed E-state index contributed by atoms with van der Waals surface area (Å²) in [6, 6.07) is 11.4. The Bertz CT molecular complexity index is 617. The third-order valence-corrected chi connectivity index (χ3v) is 3.98. The molecule has 21 heavy (non-hydrogen) atoms. The van der Waals surface area contributed by atoms with Crippen molar-refractivity contribution >= 4 is 16.7 Å². The molecular formula is C18H25N3. The molecule has 1 saturated carbocycles. The zero-order valence-corrected chi connectivity index (χ0v) is 13.3. The van der Waals surface area contributed by atoms with Gasteiger partial charge in [0.25, 0.3) is 0 Å². The van der Waals surface area contributed by atoms with E-state index in [1.54, 1.807) is 0 Å². The third kappa shape index (κ3) is 3.53. The van der Waals surface area contributed by atoms with E-state index < -0.39 is 0 Å². The Kier molecular flexibility index (Phi) is 4.11. The largest absolute Gasteiger partial charge is 0.359 e. The minimum Gasteiger partial charge on any atom is -0.359 e. The van der Waals surface area contributed by atoms with Crippen LogP contribution in [0.4, 0.5) is 5.82 Å². The van der Waals surface area contributed by atoms with Crippen LogP contribution in [0.1, 0.15) is 32.3 Å². The van der Waals surface area contributed by atoms with E-state index in [2.05, 4.69) is 61.4 Å². The Labute approximate surface area is 127 Å². The molecule has 112 valence electrons. The summed E-state index contributed by atoms with van der Waals surface area (Å²) in [5.74, 6) is 1.71. The number of nitrogens with zero attached hydrogens (tertiary/aromatic N) is 2. The van der Waals surface area contributed by atoms with Crippen LogP contribution < -0.4 is 10.2 Å². The lowest BCUT2D eigenvalue weighted by Gasteiger charge is -2.22. The van der Waals surface area contributed by atoms with Crippen LogP contribution in [0.15, 0.2) is 30.3 Å². The second-order valence-electron chi connectivity index (χ2n) is 6.59. The molecule has 1 aromatic carbocycles. The summed E-state index contributed by atoms with van der Waals surface area (Å²) >= 11 is 0. The van der Waals surface area contributed by atoms with Gasteiger partial charge in [-0.25, -0.2) is 4.98 Å². The third-order valence-electron chi connectivity index (χ3n) is 3.98. The Hall–Kier alpha value is -1.61. The number of para-hydroxylation sites is 1. The van der Waals surface area contributed by atoms with Crippen molar-refractivity contribution < 1.29 is 0 Å². The number of hydrogen-bond acceptors (Lipinski definition) is 3. The van der Waals surface area contributed by atoms with Crippen molar-refractivity contribution in [1.82, 2.24) is 10.3 Å². The predicted molar refractivity (Wildman–Crippen MR) is 89.7 cm³/mol. The van der Waals surface area contributed by atoms with E-state index in [4.69, 9.17) is 4.98 Å². The first-order valence-electron chi connectivity index (χ1n) is 7.96. The molecule has 3 heteroatoms. The van der Waals surface area contributed by atoms with E-state index >= 15 is 0 Å². The highest BCUT2D eigenvalue weighted by Crippen LogP contribution is 2.25. The molecule has 2 aromatic rings. The molecule has 0 unspecified atom stereocenters. The van der Waals surface area contributed by atoms with Gasteiger partial charge in [-0.1, -0.05) is 32.0 Å². The van der Waals surface area contributed by atoms with Crippen LogP contribution in [0.5, 0.6) is 0 Å². The summed E-state index contributed by atoms with van der Waals surface area (Å²) in [5.41, 5.74) is 2.45. The number of benzene rings is 1. The fraction of sp³-hybridized carbons (Fsp3) is 0.500. The molecule has 1 aromatic heterocycles. The molecule has 0 saturated heterocycles. The Morgan fingerprint density at radius 3 is 2.76 bits per heavy atom. The Balaban J connectivity index is 1.92. The summed E-state index contributed by atoms with van der Waals surface area (Å²) in [6.07, 6.45) is 2.65. The zero-order valence-electron chi connectivity index (χ0n) is 13.3. The highest BCUT2D eigenvalue weighted by atomic mass is 15.2. The molecule has 0 atom stereocenters. The first-order valence-corrected chi connectivity index (χ1v) is 7.96. The van der Waals surface area contributed by atoms with Gasteiger partial charge in [-0.3, -0.25) is 0 Å². The van der Waals surface area contributed by atoms with Gasteiger partial charge in [0.15, 0.2) is 0 Å². The molecule has 3 rings (SSSR count). The molecule has 1 N–H and O–H groups in total. The molecule has 0 radical (unpaired) electrons. The lowest BCUT2D eigenvalue weighted by Crippen LogP contribution is -2.24. The van der Waals surface area contributed by atoms with E-state index in [0.717, 1.165) is 30.5 Å². The first-order chi connectivity index (χ1) is 10.1. The maximum atomic E-state index is 4.83. The second kappa shape index (κ2) is 6.02. The maximum Gasteiger partial charge on any atom is 0.129 e. The van der Waals surface area contributed by atoms with Gasteiger partial charge in [-0.2, -0.15) is 0 Å². The van der Waals surface area contributed by atoms with Crippen molar-refractivity contribution in [3.8, 4) is 0 Å². The van der Waals surface area contributed by atoms with Gasteiger partial charge >= 0.3 is 0 Å². The van der Waals surface area contributed by atoms with Gasteiger partial charge < -0.3 is 10.2 Å². The number of aromatic nitrogens is 1. The monoisotopic (exact) mass is 283 g/mol. The van der Waals surface area contributed by atoms with Crippen LogP contribution in [-0.4, -0.2) is 24.6 Å². The zero-order chi connectivity index (χ0) is 14.8. The summed E-state index contributed by atoms with van der Waals surface area (Å²) in [5, 5.41) is 4.90. The van der Waals surface area contributed by atoms with Gasteiger partial charge in [-0.15, -0.1) is 0 Å². The van der Waals surface area contributed by atoms with Crippen molar-refractivity contribution in [2.24, 2.45) is 5.92 Å². The summed E-state index contributed by atoms with van der Waals surface area (Å²) in [7, 11) is 2.13. The van der Waals surface area contributed by atoms with E-state index in [1.807, 2.05) is 0 Å². The van der Waals surface area contributed by atoms with Crippen molar-refractivity contribution in [1.29, 1.82) is 0 Å². The van der Waals surface area contributed by atoms with Crippen LogP contribution in [-0.2, 0) is 6.54 Å². The summed E-state index contributed by atoms with van der Waals surface area (Å²) in [4.78, 5) is 7.09. The highest BCUT2D eigenvalue weighted by Gasteiger charge is 2.20. The number of nitrogens with one attached hydrogen (secondary N) is 1. The van der Waals surface area contributed by atoms with Gasteiger partial charge in [0.1, 0.15) is 5.82 Å². The Morgan fingerprint density at radius 1 is 1.29 bits per heavy atom. The lowest BCUT2D eigenvalue weighted by molar-refractivity contribution is 0.634. The average molecular weight is 283 g/mol. The first kappa shape index (κ1) is 14.3. The molecule has 0 amide bonds. The molecule has 1 heterocycles. The number of fused-ring (bicyclic) bond motifs is 1. The molecule has 0 aliphatic heterocycles. The van der Waals surface area contributed by atoms with Crippen molar-refractivity contribution in [3.05, 3.63) is 35.9 Å². The van der Waals surface area contributed by atoms with Crippen LogP contribution in [0.2, 0.25) is 0 Å². The van der Waals surface area contributed by atoms with Gasteiger partial charge in [0, 0.05) is 31.6 Å². The summed E-state index contributed by atoms with van der Waals surface area (Å²) < 4.78 is 0. The SMILES string of the molecule is CC(C)CN(C)c1cc(CNC2CC2)c2ccccc2n1. The van der Waals surface area contributed by atoms with Gasteiger partial charge in [0.2, 0.25) is 0 Å². The van der Waals surface area contributed by atoms with Gasteiger partial charge in [0.05, 0.1) is 5.52 Å². The minimum atomic E-state index is 0.635. The smallest absolute Gasteiger partial charge is 0.129 e. The normalized spacial score (nSPS) is 14.9. The van der Waals surface area contributed by atoms with Crippen molar-refractivity contribution in [2.75, 3.05) is 18.5 Å². The molecule has 3 nitrogen and oxygen atoms in total. The quantitative estimate of drug-likeness (QED) is 0.878. The number of pyridine rings is 1. The molecule has 1 fully saturated rings. The fourth-order valence-electron chi connectivity index (χ4n) is 2.76. The van der Waals surface area contributed by atoms with E-state index in [0.29, 0.717) is 5.92 Å². The van der Waals surface area contributed by atoms with Crippen LogP contribution in [0.3, 0.4) is 0 Å². The van der Waals surface area contributed by atoms with Crippen LogP contribution in [0.25, 0.3) is 10.9 Å². The lowest BCUT2D eigenvalue weighted by atomic mass is 10.1. The van der Waals surface area contributed by atoms with Crippen LogP contribution in [0, 0.1) is 5.92 Å². The Morgan fingerprint density at radius 2 is 2.05 bits per heavy atom. The molecular weight excluding hydrogens is 258 g/mol. The summed E-state index contributed by atoms with van der Waals surface area (Å²) in [6.45, 7) is 6.46. The van der Waals surface area contributed by atoms with E-state index in [9.17, 15) is 0 Å². The average Bonchev–Trinajstić information content (AvgIpc) is 3.28. The fourth-order valence-corrected chi connectivity index (χ4v) is 2.76. The van der Waals surface area contributed by atoms with Crippen molar-refractivity contribution in [3.63, 3.8) is 0 Å². The minimum absolute atomic E-state index is 0.635. The van der Waals surface area contributed by atoms with Crippen LogP contribution >= 0.6 is 0 Å².